The zero-order valence-corrected chi connectivity index (χ0v) is 7.68. The van der Waals surface area contributed by atoms with Gasteiger partial charge in [0.15, 0.2) is 0 Å². The summed E-state index contributed by atoms with van der Waals surface area (Å²) in [6.45, 7) is 2.40. The van der Waals surface area contributed by atoms with E-state index >= 15 is 0 Å². The van der Waals surface area contributed by atoms with E-state index in [0.717, 1.165) is 11.5 Å². The van der Waals surface area contributed by atoms with Gasteiger partial charge in [-0.05, 0) is 18.5 Å². The molecule has 0 saturated heterocycles. The molecule has 0 bridgehead atoms. The Morgan fingerprint density at radius 2 is 2.50 bits per heavy atom. The number of ether oxygens (including phenoxy) is 2. The molecule has 0 aliphatic carbocycles. The molecule has 0 aromatic carbocycles. The van der Waals surface area contributed by atoms with Crippen molar-refractivity contribution in [2.24, 2.45) is 0 Å². The Morgan fingerprint density at radius 1 is 1.75 bits per heavy atom. The van der Waals surface area contributed by atoms with Crippen LogP contribution in [-0.4, -0.2) is 24.1 Å². The van der Waals surface area contributed by atoms with Gasteiger partial charge in [0.25, 0.3) is 0 Å². The van der Waals surface area contributed by atoms with Crippen molar-refractivity contribution in [1.82, 2.24) is 4.37 Å². The molecule has 0 aliphatic heterocycles. The van der Waals surface area contributed by atoms with Crippen LogP contribution in [0.1, 0.15) is 16.6 Å². The van der Waals surface area contributed by atoms with Gasteiger partial charge in [-0.1, -0.05) is 0 Å². The molecule has 0 N–H and O–H groups in total. The highest BCUT2D eigenvalue weighted by Gasteiger charge is 2.10. The van der Waals surface area contributed by atoms with Crippen molar-refractivity contribution in [3.8, 4) is 5.88 Å². The van der Waals surface area contributed by atoms with Crippen LogP contribution >= 0.6 is 11.5 Å². The summed E-state index contributed by atoms with van der Waals surface area (Å²) in [4.78, 5) is 11.4. The summed E-state index contributed by atoms with van der Waals surface area (Å²) < 4.78 is 13.5. The maximum Gasteiger partial charge on any atom is 0.349 e. The van der Waals surface area contributed by atoms with Crippen molar-refractivity contribution >= 4 is 17.5 Å². The number of carbonyl (C=O) groups excluding carboxylic acids is 1. The van der Waals surface area contributed by atoms with Gasteiger partial charge in [-0.2, -0.15) is 4.37 Å². The van der Waals surface area contributed by atoms with E-state index in [-0.39, 0.29) is 5.97 Å². The molecule has 0 spiro atoms. The lowest BCUT2D eigenvalue weighted by Crippen LogP contribution is -1.97. The van der Waals surface area contributed by atoms with E-state index in [9.17, 15) is 4.79 Å². The van der Waals surface area contributed by atoms with E-state index in [1.165, 1.54) is 7.11 Å². The fourth-order valence-electron chi connectivity index (χ4n) is 0.672. The second kappa shape index (κ2) is 4.06. The van der Waals surface area contributed by atoms with Crippen LogP contribution in [0.5, 0.6) is 5.88 Å². The molecule has 66 valence electrons. The zero-order chi connectivity index (χ0) is 8.97. The molecule has 1 aromatic heterocycles. The third-order valence-electron chi connectivity index (χ3n) is 1.17. The van der Waals surface area contributed by atoms with Crippen LogP contribution in [-0.2, 0) is 4.74 Å². The molecule has 0 atom stereocenters. The molecule has 0 radical (unpaired) electrons. The van der Waals surface area contributed by atoms with Crippen LogP contribution in [0.3, 0.4) is 0 Å². The minimum atomic E-state index is -0.376. The number of esters is 1. The lowest BCUT2D eigenvalue weighted by atomic mass is 10.5. The van der Waals surface area contributed by atoms with E-state index in [4.69, 9.17) is 4.74 Å². The molecule has 0 fully saturated rings. The zero-order valence-electron chi connectivity index (χ0n) is 6.86. The Hall–Kier alpha value is -1.10. The van der Waals surface area contributed by atoms with Crippen LogP contribution in [0, 0.1) is 0 Å². The molecule has 4 nitrogen and oxygen atoms in total. The Labute approximate surface area is 74.3 Å². The normalized spacial score (nSPS) is 9.50. The van der Waals surface area contributed by atoms with Gasteiger partial charge >= 0.3 is 5.97 Å². The number of rotatable bonds is 3. The predicted octanol–water partition coefficient (Wildman–Crippen LogP) is 1.33. The number of nitrogens with zero attached hydrogens (tertiary/aromatic N) is 1. The third kappa shape index (κ3) is 1.94. The van der Waals surface area contributed by atoms with Gasteiger partial charge < -0.3 is 9.47 Å². The van der Waals surface area contributed by atoms with Crippen LogP contribution in [0.4, 0.5) is 0 Å². The second-order valence-electron chi connectivity index (χ2n) is 1.95. The summed E-state index contributed by atoms with van der Waals surface area (Å²) in [5.41, 5.74) is 0. The SMILES string of the molecule is CCOc1cc(C(=O)OC)sn1. The van der Waals surface area contributed by atoms with E-state index in [0.29, 0.717) is 17.4 Å². The summed E-state index contributed by atoms with van der Waals surface area (Å²) in [5, 5.41) is 0. The smallest absolute Gasteiger partial charge is 0.349 e. The molecule has 5 heteroatoms. The van der Waals surface area contributed by atoms with Gasteiger partial charge in [0.2, 0.25) is 5.88 Å². The van der Waals surface area contributed by atoms with Crippen molar-refractivity contribution < 1.29 is 14.3 Å². The van der Waals surface area contributed by atoms with Crippen molar-refractivity contribution in [2.45, 2.75) is 6.92 Å². The Balaban J connectivity index is 2.70. The molecule has 12 heavy (non-hydrogen) atoms. The summed E-state index contributed by atoms with van der Waals surface area (Å²) in [5.74, 6) is 0.0985. The van der Waals surface area contributed by atoms with Crippen LogP contribution in [0.2, 0.25) is 0 Å². The standard InChI is InChI=1S/C7H9NO3S/c1-3-11-6-4-5(12-8-6)7(9)10-2/h4H,3H2,1-2H3. The molecule has 0 aliphatic rings. The minimum absolute atomic E-state index is 0.376. The van der Waals surface area contributed by atoms with E-state index < -0.39 is 0 Å². The number of aromatic nitrogens is 1. The molecule has 0 amide bonds. The average Bonchev–Trinajstić information content (AvgIpc) is 2.52. The predicted molar refractivity (Wildman–Crippen MR) is 44.6 cm³/mol. The van der Waals surface area contributed by atoms with Gasteiger partial charge in [0, 0.05) is 6.07 Å². The molecular weight excluding hydrogens is 178 g/mol. The first kappa shape index (κ1) is 8.99. The van der Waals surface area contributed by atoms with Crippen molar-refractivity contribution in [1.29, 1.82) is 0 Å². The number of hydrogen-bond acceptors (Lipinski definition) is 5. The molecule has 0 saturated carbocycles. The van der Waals surface area contributed by atoms with Crippen LogP contribution in [0.15, 0.2) is 6.07 Å². The largest absolute Gasteiger partial charge is 0.477 e. The molecule has 1 rings (SSSR count). The highest BCUT2D eigenvalue weighted by Crippen LogP contribution is 2.16. The molecule has 1 heterocycles. The van der Waals surface area contributed by atoms with E-state index in [1.807, 2.05) is 6.92 Å². The van der Waals surface area contributed by atoms with Crippen molar-refractivity contribution in [3.63, 3.8) is 0 Å². The van der Waals surface area contributed by atoms with Crippen LogP contribution in [0.25, 0.3) is 0 Å². The molecule has 1 aromatic rings. The topological polar surface area (TPSA) is 48.4 Å². The highest BCUT2D eigenvalue weighted by molar-refractivity contribution is 7.08. The Morgan fingerprint density at radius 3 is 3.08 bits per heavy atom. The maximum atomic E-state index is 10.9. The van der Waals surface area contributed by atoms with Gasteiger partial charge in [0.1, 0.15) is 4.88 Å². The number of methoxy groups -OCH3 is 1. The number of carbonyl (C=O) groups is 1. The molecule has 0 unspecified atom stereocenters. The second-order valence-corrected chi connectivity index (χ2v) is 2.76. The average molecular weight is 187 g/mol. The van der Waals surface area contributed by atoms with Gasteiger partial charge in [0.05, 0.1) is 13.7 Å². The summed E-state index contributed by atoms with van der Waals surface area (Å²) in [6.07, 6.45) is 0. The summed E-state index contributed by atoms with van der Waals surface area (Å²) in [6, 6.07) is 1.57. The quantitative estimate of drug-likeness (QED) is 0.670. The fourth-order valence-corrected chi connectivity index (χ4v) is 1.28. The van der Waals surface area contributed by atoms with E-state index in [2.05, 4.69) is 9.11 Å². The summed E-state index contributed by atoms with van der Waals surface area (Å²) in [7, 11) is 1.34. The van der Waals surface area contributed by atoms with Gasteiger partial charge in [-0.3, -0.25) is 0 Å². The highest BCUT2D eigenvalue weighted by atomic mass is 32.1. The minimum Gasteiger partial charge on any atom is -0.477 e. The Kier molecular flexibility index (Phi) is 3.04. The first-order valence-electron chi connectivity index (χ1n) is 3.45. The Bertz CT molecular complexity index is 271. The maximum absolute atomic E-state index is 10.9. The number of hydrogen-bond donors (Lipinski definition) is 0. The first-order valence-corrected chi connectivity index (χ1v) is 4.23. The van der Waals surface area contributed by atoms with Gasteiger partial charge in [-0.15, -0.1) is 0 Å². The van der Waals surface area contributed by atoms with Crippen molar-refractivity contribution in [2.75, 3.05) is 13.7 Å². The van der Waals surface area contributed by atoms with Crippen LogP contribution < -0.4 is 4.74 Å². The first-order chi connectivity index (χ1) is 5.77. The van der Waals surface area contributed by atoms with Gasteiger partial charge in [-0.25, -0.2) is 4.79 Å². The lowest BCUT2D eigenvalue weighted by Gasteiger charge is -1.93. The summed E-state index contributed by atoms with van der Waals surface area (Å²) >= 11 is 1.07. The monoisotopic (exact) mass is 187 g/mol. The molecular formula is C7H9NO3S. The van der Waals surface area contributed by atoms with E-state index in [1.54, 1.807) is 6.07 Å². The fraction of sp³-hybridized carbons (Fsp3) is 0.429. The lowest BCUT2D eigenvalue weighted by molar-refractivity contribution is 0.0606. The third-order valence-corrected chi connectivity index (χ3v) is 1.92. The van der Waals surface area contributed by atoms with Crippen molar-refractivity contribution in [3.05, 3.63) is 10.9 Å².